The molecule has 2 aromatic rings. The van der Waals surface area contributed by atoms with Crippen LogP contribution >= 0.6 is 0 Å². The lowest BCUT2D eigenvalue weighted by atomic mass is 10.2. The van der Waals surface area contributed by atoms with Crippen molar-refractivity contribution in [3.8, 4) is 11.6 Å². The molecule has 0 atom stereocenters. The second-order valence-electron chi connectivity index (χ2n) is 3.85. The van der Waals surface area contributed by atoms with Gasteiger partial charge in [0.25, 0.3) is 11.5 Å². The molecule has 1 aromatic heterocycles. The smallest absolute Gasteiger partial charge is 0.335 e. The minimum atomic E-state index is -1.03. The number of aromatic hydroxyl groups is 1. The number of amides is 1. The van der Waals surface area contributed by atoms with E-state index < -0.39 is 34.4 Å². The van der Waals surface area contributed by atoms with Gasteiger partial charge in [0.1, 0.15) is 5.82 Å². The zero-order valence-corrected chi connectivity index (χ0v) is 10.3. The Morgan fingerprint density at radius 3 is 2.70 bits per heavy atom. The number of benzene rings is 1. The van der Waals surface area contributed by atoms with Crippen LogP contribution in [0, 0.1) is 5.82 Å². The molecule has 8 heteroatoms. The first-order chi connectivity index (χ1) is 9.45. The van der Waals surface area contributed by atoms with Crippen molar-refractivity contribution in [3.63, 3.8) is 0 Å². The molecule has 0 fully saturated rings. The van der Waals surface area contributed by atoms with E-state index in [1.165, 1.54) is 19.2 Å². The van der Waals surface area contributed by atoms with Gasteiger partial charge in [-0.05, 0) is 18.2 Å². The molecule has 0 unspecified atom stereocenters. The Kier molecular flexibility index (Phi) is 3.38. The fraction of sp³-hybridized carbons (Fsp3) is 0.0833. The third kappa shape index (κ3) is 2.18. The van der Waals surface area contributed by atoms with E-state index in [1.54, 1.807) is 0 Å². The lowest BCUT2D eigenvalue weighted by Crippen LogP contribution is -2.35. The van der Waals surface area contributed by atoms with Gasteiger partial charge in [-0.3, -0.25) is 14.6 Å². The van der Waals surface area contributed by atoms with E-state index >= 15 is 0 Å². The van der Waals surface area contributed by atoms with E-state index in [-0.39, 0.29) is 5.69 Å². The molecule has 104 valence electrons. The van der Waals surface area contributed by atoms with Crippen molar-refractivity contribution in [1.82, 2.24) is 14.9 Å². The van der Waals surface area contributed by atoms with Crippen LogP contribution in [-0.4, -0.2) is 27.6 Å². The number of carbonyl (C=O) groups is 1. The Labute approximate surface area is 111 Å². The Morgan fingerprint density at radius 2 is 2.10 bits per heavy atom. The van der Waals surface area contributed by atoms with E-state index in [0.717, 1.165) is 12.1 Å². The van der Waals surface area contributed by atoms with E-state index in [2.05, 4.69) is 5.32 Å². The van der Waals surface area contributed by atoms with E-state index in [4.69, 9.17) is 0 Å². The number of aromatic nitrogens is 2. The van der Waals surface area contributed by atoms with Gasteiger partial charge in [0.05, 0.1) is 5.69 Å². The molecule has 3 N–H and O–H groups in total. The predicted octanol–water partition coefficient (Wildman–Crippen LogP) is -0.270. The summed E-state index contributed by atoms with van der Waals surface area (Å²) in [5, 5.41) is 12.1. The summed E-state index contributed by atoms with van der Waals surface area (Å²) >= 11 is 0. The zero-order valence-electron chi connectivity index (χ0n) is 10.3. The second-order valence-corrected chi connectivity index (χ2v) is 3.85. The van der Waals surface area contributed by atoms with Gasteiger partial charge in [0.2, 0.25) is 5.88 Å². The molecule has 0 bridgehead atoms. The summed E-state index contributed by atoms with van der Waals surface area (Å²) in [6, 6.07) is 4.79. The van der Waals surface area contributed by atoms with Crippen molar-refractivity contribution < 1.29 is 14.3 Å². The molecule has 1 amide bonds. The molecule has 0 saturated heterocycles. The van der Waals surface area contributed by atoms with Gasteiger partial charge in [-0.1, -0.05) is 6.07 Å². The highest BCUT2D eigenvalue weighted by Crippen LogP contribution is 2.16. The average Bonchev–Trinajstić information content (AvgIpc) is 2.37. The van der Waals surface area contributed by atoms with Crippen molar-refractivity contribution >= 4 is 5.91 Å². The van der Waals surface area contributed by atoms with Crippen LogP contribution in [0.15, 0.2) is 33.9 Å². The van der Waals surface area contributed by atoms with Crippen LogP contribution in [0.2, 0.25) is 0 Å². The molecule has 0 spiro atoms. The number of halogens is 1. The average molecular weight is 279 g/mol. The molecular weight excluding hydrogens is 269 g/mol. The zero-order chi connectivity index (χ0) is 14.9. The van der Waals surface area contributed by atoms with E-state index in [0.29, 0.717) is 4.57 Å². The Bertz CT molecular complexity index is 794. The molecule has 0 aliphatic heterocycles. The van der Waals surface area contributed by atoms with Crippen LogP contribution in [-0.2, 0) is 0 Å². The molecule has 1 heterocycles. The van der Waals surface area contributed by atoms with Crippen LogP contribution < -0.4 is 16.6 Å². The molecule has 0 aliphatic carbocycles. The normalized spacial score (nSPS) is 10.3. The van der Waals surface area contributed by atoms with Crippen LogP contribution in [0.5, 0.6) is 5.88 Å². The number of nitrogens with one attached hydrogen (secondary N) is 2. The SMILES string of the molecule is CNC(=O)c1c(O)n(-c2cccc(F)c2)c(=O)[nH]c1=O. The van der Waals surface area contributed by atoms with Gasteiger partial charge in [-0.2, -0.15) is 0 Å². The number of carbonyl (C=O) groups excluding carboxylic acids is 1. The van der Waals surface area contributed by atoms with Gasteiger partial charge in [0, 0.05) is 7.05 Å². The van der Waals surface area contributed by atoms with Crippen LogP contribution in [0.25, 0.3) is 5.69 Å². The molecule has 7 nitrogen and oxygen atoms in total. The van der Waals surface area contributed by atoms with Crippen LogP contribution in [0.4, 0.5) is 4.39 Å². The summed E-state index contributed by atoms with van der Waals surface area (Å²) in [5.74, 6) is -2.36. The van der Waals surface area contributed by atoms with Crippen molar-refractivity contribution in [2.45, 2.75) is 0 Å². The highest BCUT2D eigenvalue weighted by Gasteiger charge is 2.20. The predicted molar refractivity (Wildman–Crippen MR) is 67.7 cm³/mol. The van der Waals surface area contributed by atoms with Gasteiger partial charge in [-0.15, -0.1) is 0 Å². The van der Waals surface area contributed by atoms with Crippen molar-refractivity contribution in [3.05, 3.63) is 56.5 Å². The first-order valence-electron chi connectivity index (χ1n) is 5.52. The maximum atomic E-state index is 13.2. The van der Waals surface area contributed by atoms with E-state index in [9.17, 15) is 23.9 Å². The Balaban J connectivity index is 2.81. The summed E-state index contributed by atoms with van der Waals surface area (Å²) in [4.78, 5) is 36.7. The molecule has 2 rings (SSSR count). The van der Waals surface area contributed by atoms with Gasteiger partial charge < -0.3 is 10.4 Å². The largest absolute Gasteiger partial charge is 0.493 e. The molecular formula is C12H10FN3O4. The quantitative estimate of drug-likeness (QED) is 0.703. The standard InChI is InChI=1S/C12H10FN3O4/c1-14-9(17)8-10(18)15-12(20)16(11(8)19)7-4-2-3-6(13)5-7/h2-5,19H,1H3,(H,14,17)(H,15,18,20). The molecule has 0 saturated carbocycles. The van der Waals surface area contributed by atoms with Gasteiger partial charge in [-0.25, -0.2) is 13.8 Å². The lowest BCUT2D eigenvalue weighted by molar-refractivity contribution is 0.0957. The maximum absolute atomic E-state index is 13.2. The van der Waals surface area contributed by atoms with E-state index in [1.807, 2.05) is 4.98 Å². The number of aromatic amines is 1. The topological polar surface area (TPSA) is 104 Å². The summed E-state index contributed by atoms with van der Waals surface area (Å²) < 4.78 is 13.8. The number of hydrogen-bond acceptors (Lipinski definition) is 4. The third-order valence-electron chi connectivity index (χ3n) is 2.61. The monoisotopic (exact) mass is 279 g/mol. The Morgan fingerprint density at radius 1 is 1.40 bits per heavy atom. The fourth-order valence-corrected chi connectivity index (χ4v) is 1.71. The van der Waals surface area contributed by atoms with Crippen LogP contribution in [0.1, 0.15) is 10.4 Å². The van der Waals surface area contributed by atoms with Crippen LogP contribution in [0.3, 0.4) is 0 Å². The lowest BCUT2D eigenvalue weighted by Gasteiger charge is -2.10. The maximum Gasteiger partial charge on any atom is 0.335 e. The first-order valence-corrected chi connectivity index (χ1v) is 5.52. The summed E-state index contributed by atoms with van der Waals surface area (Å²) in [5.41, 5.74) is -2.66. The summed E-state index contributed by atoms with van der Waals surface area (Å²) in [6.07, 6.45) is 0. The number of nitrogens with zero attached hydrogens (tertiary/aromatic N) is 1. The fourth-order valence-electron chi connectivity index (χ4n) is 1.71. The minimum Gasteiger partial charge on any atom is -0.493 e. The van der Waals surface area contributed by atoms with Gasteiger partial charge in [0.15, 0.2) is 5.56 Å². The van der Waals surface area contributed by atoms with Gasteiger partial charge >= 0.3 is 5.69 Å². The number of hydrogen-bond donors (Lipinski definition) is 3. The van der Waals surface area contributed by atoms with Crippen molar-refractivity contribution in [2.24, 2.45) is 0 Å². The minimum absolute atomic E-state index is 0.0195. The summed E-state index contributed by atoms with van der Waals surface area (Å²) in [7, 11) is 1.26. The molecule has 20 heavy (non-hydrogen) atoms. The number of rotatable bonds is 2. The molecule has 0 radical (unpaired) electrons. The van der Waals surface area contributed by atoms with Crippen molar-refractivity contribution in [2.75, 3.05) is 7.05 Å². The highest BCUT2D eigenvalue weighted by atomic mass is 19.1. The summed E-state index contributed by atoms with van der Waals surface area (Å²) in [6.45, 7) is 0. The second kappa shape index (κ2) is 5.00. The highest BCUT2D eigenvalue weighted by molar-refractivity contribution is 5.95. The molecule has 0 aliphatic rings. The number of H-pyrrole nitrogens is 1. The first kappa shape index (κ1) is 13.5. The molecule has 1 aromatic carbocycles. The Hall–Kier alpha value is -2.90. The van der Waals surface area contributed by atoms with Crippen molar-refractivity contribution in [1.29, 1.82) is 0 Å². The third-order valence-corrected chi connectivity index (χ3v) is 2.61.